The predicted molar refractivity (Wildman–Crippen MR) is 92.8 cm³/mol. The quantitative estimate of drug-likeness (QED) is 0.809. The Balaban J connectivity index is 1.77. The number of Topliss-reactive ketones (excluding diaryl/α,β-unsaturated/α-hetero) is 1. The van der Waals surface area contributed by atoms with Crippen LogP contribution in [-0.4, -0.2) is 12.9 Å². The van der Waals surface area contributed by atoms with Crippen molar-refractivity contribution in [2.45, 2.75) is 25.7 Å². The molecule has 0 heterocycles. The van der Waals surface area contributed by atoms with Gasteiger partial charge in [-0.25, -0.2) is 0 Å². The highest BCUT2D eigenvalue weighted by molar-refractivity contribution is 6.00. The summed E-state index contributed by atoms with van der Waals surface area (Å²) in [5.41, 5.74) is 3.37. The standard InChI is InChI=1S/C21H22O2/c1-15-14-20(17-9-11-18(23-2)12-10-17)19(21(15)22)13-8-16-6-4-3-5-7-16/h3-7,9-12,14,19-20H,8,13H2,1-2H3/t19-,20-/m1/s1. The Bertz CT molecular complexity index is 698. The number of aryl methyl sites for hydroxylation is 1. The Kier molecular flexibility index (Phi) is 4.61. The molecule has 0 aromatic heterocycles. The zero-order valence-electron chi connectivity index (χ0n) is 13.7. The molecule has 0 fully saturated rings. The highest BCUT2D eigenvalue weighted by Crippen LogP contribution is 2.38. The minimum Gasteiger partial charge on any atom is -0.497 e. The van der Waals surface area contributed by atoms with E-state index < -0.39 is 0 Å². The number of allylic oxidation sites excluding steroid dienone is 2. The van der Waals surface area contributed by atoms with Crippen molar-refractivity contribution in [2.75, 3.05) is 7.11 Å². The van der Waals surface area contributed by atoms with Gasteiger partial charge in [0.25, 0.3) is 0 Å². The highest BCUT2D eigenvalue weighted by atomic mass is 16.5. The van der Waals surface area contributed by atoms with Gasteiger partial charge in [-0.05, 0) is 48.6 Å². The minimum atomic E-state index is 0.0450. The van der Waals surface area contributed by atoms with Crippen molar-refractivity contribution in [3.63, 3.8) is 0 Å². The van der Waals surface area contributed by atoms with E-state index in [1.54, 1.807) is 7.11 Å². The number of hydrogen-bond donors (Lipinski definition) is 0. The molecule has 0 bridgehead atoms. The lowest BCUT2D eigenvalue weighted by atomic mass is 9.84. The lowest BCUT2D eigenvalue weighted by Gasteiger charge is -2.19. The van der Waals surface area contributed by atoms with Crippen molar-refractivity contribution in [3.05, 3.63) is 77.4 Å². The zero-order chi connectivity index (χ0) is 16.2. The van der Waals surface area contributed by atoms with Crippen molar-refractivity contribution < 1.29 is 9.53 Å². The van der Waals surface area contributed by atoms with Crippen LogP contribution in [0.2, 0.25) is 0 Å². The number of methoxy groups -OCH3 is 1. The normalized spacial score (nSPS) is 20.4. The van der Waals surface area contributed by atoms with Crippen LogP contribution in [0.1, 0.15) is 30.4 Å². The summed E-state index contributed by atoms with van der Waals surface area (Å²) in [5, 5.41) is 0. The van der Waals surface area contributed by atoms with Gasteiger partial charge in [-0.15, -0.1) is 0 Å². The maximum Gasteiger partial charge on any atom is 0.162 e. The van der Waals surface area contributed by atoms with Crippen molar-refractivity contribution >= 4 is 5.78 Å². The molecule has 0 saturated carbocycles. The molecule has 2 aromatic carbocycles. The lowest BCUT2D eigenvalue weighted by Crippen LogP contribution is -2.16. The first-order valence-corrected chi connectivity index (χ1v) is 8.09. The number of carbonyl (C=O) groups excluding carboxylic acids is 1. The molecule has 23 heavy (non-hydrogen) atoms. The second-order valence-electron chi connectivity index (χ2n) is 6.14. The number of ether oxygens (including phenoxy) is 1. The van der Waals surface area contributed by atoms with E-state index in [1.807, 2.05) is 25.1 Å². The summed E-state index contributed by atoms with van der Waals surface area (Å²) in [7, 11) is 1.67. The van der Waals surface area contributed by atoms with E-state index >= 15 is 0 Å². The maximum absolute atomic E-state index is 12.5. The van der Waals surface area contributed by atoms with Crippen molar-refractivity contribution in [1.29, 1.82) is 0 Å². The third-order valence-corrected chi connectivity index (χ3v) is 4.68. The molecule has 3 rings (SSSR count). The lowest BCUT2D eigenvalue weighted by molar-refractivity contribution is -0.118. The molecule has 118 valence electrons. The third-order valence-electron chi connectivity index (χ3n) is 4.68. The minimum absolute atomic E-state index is 0.0450. The maximum atomic E-state index is 12.5. The average molecular weight is 306 g/mol. The van der Waals surface area contributed by atoms with Crippen LogP contribution in [0.3, 0.4) is 0 Å². The molecule has 1 aliphatic rings. The molecule has 1 aliphatic carbocycles. The number of ketones is 1. The highest BCUT2D eigenvalue weighted by Gasteiger charge is 2.34. The summed E-state index contributed by atoms with van der Waals surface area (Å²) in [6.07, 6.45) is 3.94. The van der Waals surface area contributed by atoms with Crippen LogP contribution in [0.4, 0.5) is 0 Å². The summed E-state index contributed by atoms with van der Waals surface area (Å²) in [4.78, 5) is 12.5. The molecule has 0 unspecified atom stereocenters. The van der Waals surface area contributed by atoms with Crippen LogP contribution in [0.5, 0.6) is 5.75 Å². The Hall–Kier alpha value is -2.35. The Labute approximate surface area is 137 Å². The summed E-state index contributed by atoms with van der Waals surface area (Å²) >= 11 is 0. The van der Waals surface area contributed by atoms with E-state index in [-0.39, 0.29) is 11.8 Å². The van der Waals surface area contributed by atoms with E-state index in [0.717, 1.165) is 24.2 Å². The number of benzene rings is 2. The number of hydrogen-bond acceptors (Lipinski definition) is 2. The van der Waals surface area contributed by atoms with Crippen LogP contribution in [0.15, 0.2) is 66.2 Å². The van der Waals surface area contributed by atoms with Gasteiger partial charge >= 0.3 is 0 Å². The molecule has 0 N–H and O–H groups in total. The van der Waals surface area contributed by atoms with Gasteiger partial charge < -0.3 is 4.74 Å². The Morgan fingerprint density at radius 2 is 1.70 bits per heavy atom. The summed E-state index contributed by atoms with van der Waals surface area (Å²) in [6, 6.07) is 18.5. The van der Waals surface area contributed by atoms with Gasteiger partial charge in [0.2, 0.25) is 0 Å². The van der Waals surface area contributed by atoms with Crippen LogP contribution in [-0.2, 0) is 11.2 Å². The molecule has 0 radical (unpaired) electrons. The van der Waals surface area contributed by atoms with Crippen molar-refractivity contribution in [1.82, 2.24) is 0 Å². The molecule has 0 aliphatic heterocycles. The van der Waals surface area contributed by atoms with Gasteiger partial charge in [-0.2, -0.15) is 0 Å². The van der Waals surface area contributed by atoms with Crippen LogP contribution in [0, 0.1) is 5.92 Å². The van der Waals surface area contributed by atoms with E-state index in [2.05, 4.69) is 42.5 Å². The van der Waals surface area contributed by atoms with Crippen LogP contribution >= 0.6 is 0 Å². The van der Waals surface area contributed by atoms with Crippen LogP contribution in [0.25, 0.3) is 0 Å². The Morgan fingerprint density at radius 1 is 1.00 bits per heavy atom. The molecule has 0 saturated heterocycles. The van der Waals surface area contributed by atoms with Crippen molar-refractivity contribution in [2.24, 2.45) is 5.92 Å². The average Bonchev–Trinajstić information content (AvgIpc) is 2.89. The van der Waals surface area contributed by atoms with Gasteiger partial charge in [-0.1, -0.05) is 48.5 Å². The largest absolute Gasteiger partial charge is 0.497 e. The predicted octanol–water partition coefficient (Wildman–Crippen LogP) is 4.56. The second-order valence-corrected chi connectivity index (χ2v) is 6.14. The fourth-order valence-corrected chi connectivity index (χ4v) is 3.36. The molecule has 2 heteroatoms. The summed E-state index contributed by atoms with van der Waals surface area (Å²) < 4.78 is 5.22. The van der Waals surface area contributed by atoms with E-state index in [9.17, 15) is 4.79 Å². The first-order valence-electron chi connectivity index (χ1n) is 8.09. The molecule has 2 nitrogen and oxygen atoms in total. The van der Waals surface area contributed by atoms with Crippen molar-refractivity contribution in [3.8, 4) is 5.75 Å². The third kappa shape index (κ3) is 3.37. The van der Waals surface area contributed by atoms with Gasteiger partial charge in [-0.3, -0.25) is 4.79 Å². The fraction of sp³-hybridized carbons (Fsp3) is 0.286. The van der Waals surface area contributed by atoms with E-state index in [1.165, 1.54) is 11.1 Å². The molecule has 2 aromatic rings. The van der Waals surface area contributed by atoms with Gasteiger partial charge in [0.15, 0.2) is 5.78 Å². The molecule has 0 amide bonds. The van der Waals surface area contributed by atoms with E-state index in [0.29, 0.717) is 5.78 Å². The first-order chi connectivity index (χ1) is 11.2. The topological polar surface area (TPSA) is 26.3 Å². The second kappa shape index (κ2) is 6.82. The van der Waals surface area contributed by atoms with Gasteiger partial charge in [0.05, 0.1) is 7.11 Å². The molecular weight excluding hydrogens is 284 g/mol. The Morgan fingerprint density at radius 3 is 2.35 bits per heavy atom. The molecular formula is C21H22O2. The zero-order valence-corrected chi connectivity index (χ0v) is 13.7. The summed E-state index contributed by atoms with van der Waals surface area (Å²) in [5.74, 6) is 1.36. The first kappa shape index (κ1) is 15.5. The molecule has 2 atom stereocenters. The van der Waals surface area contributed by atoms with Gasteiger partial charge in [0.1, 0.15) is 5.75 Å². The fourth-order valence-electron chi connectivity index (χ4n) is 3.36. The monoisotopic (exact) mass is 306 g/mol. The van der Waals surface area contributed by atoms with Gasteiger partial charge in [0, 0.05) is 11.8 Å². The number of rotatable bonds is 5. The van der Waals surface area contributed by atoms with Crippen LogP contribution < -0.4 is 4.74 Å². The summed E-state index contributed by atoms with van der Waals surface area (Å²) in [6.45, 7) is 1.93. The number of carbonyl (C=O) groups is 1. The van der Waals surface area contributed by atoms with E-state index in [4.69, 9.17) is 4.74 Å². The SMILES string of the molecule is COc1ccc([C@H]2C=C(C)C(=O)[C@@H]2CCc2ccccc2)cc1. The smallest absolute Gasteiger partial charge is 0.162 e. The molecule has 0 spiro atoms.